The molecule has 0 bridgehead atoms. The number of esters is 1. The molecule has 0 spiro atoms. The summed E-state index contributed by atoms with van der Waals surface area (Å²) in [6.07, 6.45) is 1.93. The van der Waals surface area contributed by atoms with E-state index in [1.54, 1.807) is 63.5 Å². The van der Waals surface area contributed by atoms with E-state index in [9.17, 15) is 47.0 Å². The Hall–Kier alpha value is -6.59. The van der Waals surface area contributed by atoms with Gasteiger partial charge in [-0.15, -0.1) is 0 Å². The first-order valence-corrected chi connectivity index (χ1v) is 24.4. The number of nitrogens with zero attached hydrogens (tertiary/aromatic N) is 5. The molecule has 3 aromatic heterocycles. The lowest BCUT2D eigenvalue weighted by atomic mass is 9.94. The van der Waals surface area contributed by atoms with Crippen molar-refractivity contribution in [2.45, 2.75) is 149 Å². The third kappa shape index (κ3) is 13.8. The van der Waals surface area contributed by atoms with Crippen molar-refractivity contribution >= 4 is 35.5 Å². The lowest BCUT2D eigenvalue weighted by molar-refractivity contribution is -0.147. The van der Waals surface area contributed by atoms with Crippen LogP contribution in [0.4, 0.5) is 19.0 Å². The van der Waals surface area contributed by atoms with Crippen molar-refractivity contribution in [3.63, 3.8) is 0 Å². The van der Waals surface area contributed by atoms with Crippen LogP contribution in [0.1, 0.15) is 138 Å². The summed E-state index contributed by atoms with van der Waals surface area (Å²) in [5.74, 6) is -3.33. The summed E-state index contributed by atoms with van der Waals surface area (Å²) in [7, 11) is 0. The Labute approximate surface area is 412 Å². The number of carbonyl (C=O) groups is 5. The minimum atomic E-state index is -4.84. The molecule has 5 heterocycles. The number of pyridine rings is 3. The molecule has 2 aliphatic rings. The molecule has 18 heteroatoms. The molecule has 2 fully saturated rings. The summed E-state index contributed by atoms with van der Waals surface area (Å²) in [6, 6.07) is 10.5. The summed E-state index contributed by atoms with van der Waals surface area (Å²) >= 11 is 0. The smallest absolute Gasteiger partial charge is 0.433 e. The number of ether oxygens (including phenoxy) is 1. The summed E-state index contributed by atoms with van der Waals surface area (Å²) < 4.78 is 50.2. The van der Waals surface area contributed by atoms with E-state index in [1.165, 1.54) is 27.7 Å². The van der Waals surface area contributed by atoms with Gasteiger partial charge in [-0.2, -0.15) is 13.2 Å². The molecule has 6 rings (SSSR count). The van der Waals surface area contributed by atoms with Gasteiger partial charge in [0, 0.05) is 55.3 Å². The van der Waals surface area contributed by atoms with Crippen molar-refractivity contribution < 1.29 is 47.0 Å². The molecule has 0 radical (unpaired) electrons. The molecule has 7 atom stereocenters. The number of rotatable bonds is 20. The maximum atomic E-state index is 14.4. The number of hydrogen-bond acceptors (Lipinski definition) is 10. The number of aromatic nitrogens is 3. The molecule has 2 saturated heterocycles. The Morgan fingerprint density at radius 3 is 2.14 bits per heavy atom. The van der Waals surface area contributed by atoms with Gasteiger partial charge in [0.25, 0.3) is 5.56 Å². The molecule has 15 nitrogen and oxygen atoms in total. The topological polar surface area (TPSA) is 193 Å². The second kappa shape index (κ2) is 23.5. The van der Waals surface area contributed by atoms with Crippen molar-refractivity contribution in [3.8, 4) is 11.1 Å². The molecular weight excluding hydrogens is 920 g/mol. The fourth-order valence-corrected chi connectivity index (χ4v) is 9.71. The summed E-state index contributed by atoms with van der Waals surface area (Å²) in [5, 5.41) is 15.7. The van der Waals surface area contributed by atoms with Gasteiger partial charge in [-0.1, -0.05) is 45.0 Å². The van der Waals surface area contributed by atoms with E-state index in [0.717, 1.165) is 24.6 Å². The van der Waals surface area contributed by atoms with Gasteiger partial charge < -0.3 is 34.8 Å². The van der Waals surface area contributed by atoms with Gasteiger partial charge in [0.05, 0.1) is 31.5 Å². The number of alkyl halides is 3. The van der Waals surface area contributed by atoms with Crippen LogP contribution in [0.3, 0.4) is 0 Å². The van der Waals surface area contributed by atoms with Gasteiger partial charge >= 0.3 is 18.1 Å². The van der Waals surface area contributed by atoms with E-state index in [4.69, 9.17) is 4.74 Å². The van der Waals surface area contributed by atoms with Crippen LogP contribution in [-0.4, -0.2) is 85.5 Å². The predicted molar refractivity (Wildman–Crippen MR) is 261 cm³/mol. The molecule has 1 aromatic carbocycles. The van der Waals surface area contributed by atoms with Crippen LogP contribution in [0.25, 0.3) is 11.1 Å². The number of amides is 3. The SMILES string of the molecule is Cc1ccn([C@@H](CC(C)C)C(=O)N[C@@H](CC(=O)OCC(C)CC(C(=O)N[C@@H](CC(=O)O)c2cnc(C(F)(F)F)c(-c3ccccc3C)c2)N2CCCCC2=O)c2ccnc(N3[C@H](C)CC[C@@H]3C)c2)c(=O)c1. The lowest BCUT2D eigenvalue weighted by Crippen LogP contribution is -2.52. The minimum absolute atomic E-state index is 0.0200. The van der Waals surface area contributed by atoms with E-state index >= 15 is 0 Å². The second-order valence-electron chi connectivity index (χ2n) is 19.7. The first kappa shape index (κ1) is 53.8. The third-order valence-electron chi connectivity index (χ3n) is 13.4. The minimum Gasteiger partial charge on any atom is -0.481 e. The summed E-state index contributed by atoms with van der Waals surface area (Å²) in [4.78, 5) is 93.5. The highest BCUT2D eigenvalue weighted by atomic mass is 19.4. The zero-order valence-corrected chi connectivity index (χ0v) is 41.5. The van der Waals surface area contributed by atoms with E-state index in [2.05, 4.69) is 39.3 Å². The number of aliphatic carboxylic acids is 1. The Kier molecular flexibility index (Phi) is 17.8. The quantitative estimate of drug-likeness (QED) is 0.0720. The number of carboxylic acid groups (broad SMARTS) is 1. The molecular formula is C53H66F3N7O8. The highest BCUT2D eigenvalue weighted by Crippen LogP contribution is 2.39. The van der Waals surface area contributed by atoms with Crippen LogP contribution in [0.15, 0.2) is 78.0 Å². The van der Waals surface area contributed by atoms with E-state index in [0.29, 0.717) is 36.2 Å². The largest absolute Gasteiger partial charge is 0.481 e. The number of piperidine rings is 1. The average molecular weight is 986 g/mol. The first-order chi connectivity index (χ1) is 33.6. The van der Waals surface area contributed by atoms with Crippen LogP contribution >= 0.6 is 0 Å². The monoisotopic (exact) mass is 985 g/mol. The maximum Gasteiger partial charge on any atom is 0.433 e. The Balaban J connectivity index is 1.23. The summed E-state index contributed by atoms with van der Waals surface area (Å²) in [6.45, 7) is 13.3. The van der Waals surface area contributed by atoms with Crippen molar-refractivity contribution in [3.05, 3.63) is 111 Å². The van der Waals surface area contributed by atoms with Crippen LogP contribution in [-0.2, 0) is 34.9 Å². The number of anilines is 1. The first-order valence-electron chi connectivity index (χ1n) is 24.4. The van der Waals surface area contributed by atoms with E-state index in [1.807, 2.05) is 19.9 Å². The maximum absolute atomic E-state index is 14.4. The number of aryl methyl sites for hydroxylation is 2. The highest BCUT2D eigenvalue weighted by molar-refractivity contribution is 5.89. The normalized spacial score (nSPS) is 18.4. The van der Waals surface area contributed by atoms with Gasteiger partial charge in [0.15, 0.2) is 5.69 Å². The molecule has 71 heavy (non-hydrogen) atoms. The molecule has 382 valence electrons. The zero-order valence-electron chi connectivity index (χ0n) is 41.5. The lowest BCUT2D eigenvalue weighted by Gasteiger charge is -2.36. The number of benzene rings is 1. The molecule has 0 saturated carbocycles. The van der Waals surface area contributed by atoms with Gasteiger partial charge in [-0.05, 0) is 130 Å². The van der Waals surface area contributed by atoms with Crippen molar-refractivity contribution in [2.24, 2.45) is 11.8 Å². The molecule has 4 aromatic rings. The molecule has 3 amide bonds. The number of halogens is 3. The van der Waals surface area contributed by atoms with E-state index in [-0.39, 0.29) is 78.6 Å². The predicted octanol–water partition coefficient (Wildman–Crippen LogP) is 8.44. The number of carboxylic acids is 1. The molecule has 2 unspecified atom stereocenters. The van der Waals surface area contributed by atoms with Crippen LogP contribution in [0.5, 0.6) is 0 Å². The van der Waals surface area contributed by atoms with Gasteiger partial charge in [0.2, 0.25) is 17.7 Å². The standard InChI is InChI=1S/C53H66F3N7O8/c1-31(2)22-43(62-21-18-32(3)24-47(62)65)51(69)60-42(37-17-19-57-45(26-37)63-35(6)15-16-36(63)7)28-49(68)71-30-33(4)23-44(61-20-11-10-14-46(61)64)52(70)59-41(27-48(66)67)38-25-40(39-13-9-8-12-34(39)5)50(58-29-38)53(54,55)56/h8-9,12-13,17-19,21,24-26,29,31,33,35-36,41-44H,10-11,14-16,20,22-23,27-28,30H2,1-7H3,(H,59,70)(H,60,69)(H,66,67)/t33?,35-,36+,41-,42-,43-,44?/m0/s1. The number of likely N-dealkylation sites (tertiary alicyclic amines) is 1. The number of carbonyl (C=O) groups excluding carboxylic acids is 4. The van der Waals surface area contributed by atoms with Crippen molar-refractivity contribution in [1.29, 1.82) is 0 Å². The van der Waals surface area contributed by atoms with Gasteiger partial charge in [-0.25, -0.2) is 4.98 Å². The highest BCUT2D eigenvalue weighted by Gasteiger charge is 2.39. The van der Waals surface area contributed by atoms with Crippen molar-refractivity contribution in [1.82, 2.24) is 30.1 Å². The Morgan fingerprint density at radius 2 is 1.51 bits per heavy atom. The third-order valence-corrected chi connectivity index (χ3v) is 13.4. The Morgan fingerprint density at radius 1 is 0.831 bits per heavy atom. The number of nitrogens with one attached hydrogen (secondary N) is 2. The fourth-order valence-electron chi connectivity index (χ4n) is 9.71. The number of hydrogen-bond donors (Lipinski definition) is 3. The Bertz CT molecular complexity index is 2610. The fraction of sp³-hybridized carbons (Fsp3) is 0.509. The average Bonchev–Trinajstić information content (AvgIpc) is 3.65. The van der Waals surface area contributed by atoms with Gasteiger partial charge in [-0.3, -0.25) is 33.8 Å². The van der Waals surface area contributed by atoms with Crippen LogP contribution in [0.2, 0.25) is 0 Å². The van der Waals surface area contributed by atoms with Crippen LogP contribution < -0.4 is 21.1 Å². The van der Waals surface area contributed by atoms with Crippen molar-refractivity contribution in [2.75, 3.05) is 18.1 Å². The molecule has 2 aliphatic heterocycles. The molecule has 3 N–H and O–H groups in total. The van der Waals surface area contributed by atoms with Crippen LogP contribution in [0, 0.1) is 25.7 Å². The molecule has 0 aliphatic carbocycles. The zero-order chi connectivity index (χ0) is 51.7. The summed E-state index contributed by atoms with van der Waals surface area (Å²) in [5.41, 5.74) is 0.338. The van der Waals surface area contributed by atoms with E-state index < -0.39 is 72.1 Å². The second-order valence-corrected chi connectivity index (χ2v) is 19.7. The van der Waals surface area contributed by atoms with Gasteiger partial charge in [0.1, 0.15) is 17.9 Å².